The lowest BCUT2D eigenvalue weighted by molar-refractivity contribution is -0.117. The smallest absolute Gasteiger partial charge is 0.294 e. The fourth-order valence-electron chi connectivity index (χ4n) is 4.12. The van der Waals surface area contributed by atoms with Crippen molar-refractivity contribution in [2.24, 2.45) is 0 Å². The van der Waals surface area contributed by atoms with E-state index in [1.54, 1.807) is 30.3 Å². The molecule has 1 aliphatic rings. The molecule has 0 saturated carbocycles. The van der Waals surface area contributed by atoms with Crippen molar-refractivity contribution < 1.29 is 23.5 Å². The summed E-state index contributed by atoms with van der Waals surface area (Å²) in [6, 6.07) is 18.1. The number of ketones is 1. The first-order chi connectivity index (χ1) is 15.8. The second kappa shape index (κ2) is 7.90. The van der Waals surface area contributed by atoms with Gasteiger partial charge in [0.1, 0.15) is 11.4 Å². The number of aryl methyl sites for hydroxylation is 1. The molecule has 0 saturated heterocycles. The Balaban J connectivity index is 1.66. The van der Waals surface area contributed by atoms with E-state index in [0.717, 1.165) is 5.56 Å². The number of furan rings is 1. The van der Waals surface area contributed by atoms with Gasteiger partial charge in [0, 0.05) is 16.1 Å². The highest BCUT2D eigenvalue weighted by Gasteiger charge is 2.45. The Morgan fingerprint density at radius 2 is 1.82 bits per heavy atom. The summed E-state index contributed by atoms with van der Waals surface area (Å²) in [6.45, 7) is 1.89. The average Bonchev–Trinajstić information content (AvgIpc) is 3.33. The van der Waals surface area contributed by atoms with Gasteiger partial charge in [-0.3, -0.25) is 14.5 Å². The molecule has 7 heteroatoms. The zero-order chi connectivity index (χ0) is 23.3. The summed E-state index contributed by atoms with van der Waals surface area (Å²) in [5.41, 5.74) is 2.23. The molecule has 5 nitrogen and oxygen atoms in total. The number of nitrogens with zero attached hydrogens (tertiary/aromatic N) is 1. The molecule has 164 valence electrons. The summed E-state index contributed by atoms with van der Waals surface area (Å²) >= 11 is 6.04. The second-order valence-electron chi connectivity index (χ2n) is 7.85. The molecule has 1 aliphatic heterocycles. The van der Waals surface area contributed by atoms with Crippen molar-refractivity contribution in [3.8, 4) is 0 Å². The first-order valence-electron chi connectivity index (χ1n) is 10.2. The third-order valence-electron chi connectivity index (χ3n) is 5.62. The summed E-state index contributed by atoms with van der Waals surface area (Å²) < 4.78 is 19.2. The van der Waals surface area contributed by atoms with Crippen LogP contribution in [0, 0.1) is 12.7 Å². The van der Waals surface area contributed by atoms with E-state index >= 15 is 0 Å². The standard InChI is InChI=1S/C26H17ClFNO4/c1-14-3-2-4-15(11-14)23-22(24(30)21-13-16-12-17(27)5-10-20(16)33-21)25(31)26(32)29(23)19-8-6-18(28)7-9-19/h2-13,23,31H,1H3. The second-order valence-corrected chi connectivity index (χ2v) is 8.29. The van der Waals surface area contributed by atoms with E-state index in [9.17, 15) is 19.1 Å². The Labute approximate surface area is 193 Å². The fourth-order valence-corrected chi connectivity index (χ4v) is 4.30. The van der Waals surface area contributed by atoms with Crippen LogP contribution in [0.2, 0.25) is 5.02 Å². The molecule has 0 spiro atoms. The number of carbonyl (C=O) groups excluding carboxylic acids is 2. The Hall–Kier alpha value is -3.90. The van der Waals surface area contributed by atoms with Crippen molar-refractivity contribution in [3.63, 3.8) is 0 Å². The summed E-state index contributed by atoms with van der Waals surface area (Å²) in [5, 5.41) is 11.9. The minimum absolute atomic E-state index is 0.0276. The first-order valence-corrected chi connectivity index (χ1v) is 10.5. The highest BCUT2D eigenvalue weighted by Crippen LogP contribution is 2.42. The fraction of sp³-hybridized carbons (Fsp3) is 0.0769. The van der Waals surface area contributed by atoms with Gasteiger partial charge in [-0.1, -0.05) is 41.4 Å². The minimum atomic E-state index is -0.924. The molecule has 33 heavy (non-hydrogen) atoms. The molecule has 1 atom stereocenters. The maximum absolute atomic E-state index is 13.6. The Bertz CT molecular complexity index is 1450. The SMILES string of the molecule is Cc1cccc(C2C(C(=O)c3cc4cc(Cl)ccc4o3)=C(O)C(=O)N2c2ccc(F)cc2)c1. The monoisotopic (exact) mass is 461 g/mol. The van der Waals surface area contributed by atoms with Crippen molar-refractivity contribution in [2.45, 2.75) is 13.0 Å². The van der Waals surface area contributed by atoms with Gasteiger partial charge in [-0.25, -0.2) is 4.39 Å². The predicted molar refractivity (Wildman–Crippen MR) is 123 cm³/mol. The number of Topliss-reactive ketones (excluding diaryl/α,β-unsaturated/α-hetero) is 1. The van der Waals surface area contributed by atoms with Crippen LogP contribution in [0.1, 0.15) is 27.7 Å². The summed E-state index contributed by atoms with van der Waals surface area (Å²) in [6.07, 6.45) is 0. The molecular weight excluding hydrogens is 445 g/mol. The highest BCUT2D eigenvalue weighted by atomic mass is 35.5. The molecule has 1 N–H and O–H groups in total. The molecule has 2 heterocycles. The third kappa shape index (κ3) is 3.58. The maximum Gasteiger partial charge on any atom is 0.294 e. The maximum atomic E-state index is 13.6. The van der Waals surface area contributed by atoms with Gasteiger partial charge in [0.05, 0.1) is 11.6 Å². The summed E-state index contributed by atoms with van der Waals surface area (Å²) in [7, 11) is 0. The molecule has 0 radical (unpaired) electrons. The summed E-state index contributed by atoms with van der Waals surface area (Å²) in [5.74, 6) is -2.54. The van der Waals surface area contributed by atoms with Crippen molar-refractivity contribution in [3.05, 3.63) is 112 Å². The van der Waals surface area contributed by atoms with Gasteiger partial charge in [0.25, 0.3) is 5.91 Å². The average molecular weight is 462 g/mol. The molecule has 0 bridgehead atoms. The van der Waals surface area contributed by atoms with Gasteiger partial charge in [-0.05, 0) is 61.0 Å². The Morgan fingerprint density at radius 3 is 2.55 bits per heavy atom. The first kappa shape index (κ1) is 21.0. The van der Waals surface area contributed by atoms with Crippen molar-refractivity contribution in [1.82, 2.24) is 0 Å². The normalized spacial score (nSPS) is 16.2. The molecule has 0 aliphatic carbocycles. The van der Waals surface area contributed by atoms with Crippen LogP contribution in [-0.4, -0.2) is 16.8 Å². The topological polar surface area (TPSA) is 70.7 Å². The number of carbonyl (C=O) groups is 2. The van der Waals surface area contributed by atoms with Crippen LogP contribution in [-0.2, 0) is 4.79 Å². The Morgan fingerprint density at radius 1 is 1.06 bits per heavy atom. The number of fused-ring (bicyclic) bond motifs is 1. The molecule has 4 aromatic rings. The van der Waals surface area contributed by atoms with Gasteiger partial charge in [0.15, 0.2) is 11.5 Å². The van der Waals surface area contributed by atoms with Crippen molar-refractivity contribution in [2.75, 3.05) is 4.90 Å². The van der Waals surface area contributed by atoms with E-state index in [2.05, 4.69) is 0 Å². The van der Waals surface area contributed by atoms with E-state index in [-0.39, 0.29) is 11.3 Å². The number of amides is 1. The van der Waals surface area contributed by atoms with E-state index in [4.69, 9.17) is 16.0 Å². The van der Waals surface area contributed by atoms with Crippen LogP contribution in [0.25, 0.3) is 11.0 Å². The van der Waals surface area contributed by atoms with E-state index < -0.39 is 29.3 Å². The molecule has 1 unspecified atom stereocenters. The van der Waals surface area contributed by atoms with E-state index in [1.165, 1.54) is 35.2 Å². The predicted octanol–water partition coefficient (Wildman–Crippen LogP) is 6.32. The quantitative estimate of drug-likeness (QED) is 0.361. The Kier molecular flexibility index (Phi) is 5.02. The number of aliphatic hydroxyl groups excluding tert-OH is 1. The minimum Gasteiger partial charge on any atom is -0.503 e. The number of rotatable bonds is 4. The molecule has 3 aromatic carbocycles. The van der Waals surface area contributed by atoms with Crippen LogP contribution in [0.4, 0.5) is 10.1 Å². The van der Waals surface area contributed by atoms with E-state index in [0.29, 0.717) is 27.2 Å². The zero-order valence-electron chi connectivity index (χ0n) is 17.4. The van der Waals surface area contributed by atoms with Gasteiger partial charge >= 0.3 is 0 Å². The summed E-state index contributed by atoms with van der Waals surface area (Å²) in [4.78, 5) is 28.0. The number of benzene rings is 3. The highest BCUT2D eigenvalue weighted by molar-refractivity contribution is 6.31. The van der Waals surface area contributed by atoms with Crippen LogP contribution >= 0.6 is 11.6 Å². The molecule has 1 aromatic heterocycles. The van der Waals surface area contributed by atoms with Crippen LogP contribution in [0.3, 0.4) is 0 Å². The molecule has 1 amide bonds. The van der Waals surface area contributed by atoms with Crippen LogP contribution < -0.4 is 4.90 Å². The molecule has 5 rings (SSSR count). The third-order valence-corrected chi connectivity index (χ3v) is 5.85. The number of hydrogen-bond acceptors (Lipinski definition) is 4. The van der Waals surface area contributed by atoms with E-state index in [1.807, 2.05) is 19.1 Å². The van der Waals surface area contributed by atoms with Gasteiger partial charge in [-0.2, -0.15) is 0 Å². The lowest BCUT2D eigenvalue weighted by Crippen LogP contribution is -2.31. The molecule has 0 fully saturated rings. The van der Waals surface area contributed by atoms with Crippen molar-refractivity contribution in [1.29, 1.82) is 0 Å². The number of halogens is 2. The molecular formula is C26H17ClFNO4. The lowest BCUT2D eigenvalue weighted by Gasteiger charge is -2.27. The van der Waals surface area contributed by atoms with Gasteiger partial charge in [-0.15, -0.1) is 0 Å². The number of aliphatic hydroxyl groups is 1. The van der Waals surface area contributed by atoms with Crippen LogP contribution in [0.15, 0.2) is 88.5 Å². The van der Waals surface area contributed by atoms with Crippen LogP contribution in [0.5, 0.6) is 0 Å². The number of anilines is 1. The van der Waals surface area contributed by atoms with Gasteiger partial charge in [0.2, 0.25) is 5.78 Å². The lowest BCUT2D eigenvalue weighted by atomic mass is 9.94. The zero-order valence-corrected chi connectivity index (χ0v) is 18.1. The largest absolute Gasteiger partial charge is 0.503 e. The number of hydrogen-bond donors (Lipinski definition) is 1. The van der Waals surface area contributed by atoms with Gasteiger partial charge < -0.3 is 9.52 Å². The van der Waals surface area contributed by atoms with Crippen molar-refractivity contribution >= 4 is 39.9 Å².